The van der Waals surface area contributed by atoms with Crippen LogP contribution < -0.4 is 0 Å². The van der Waals surface area contributed by atoms with E-state index in [4.69, 9.17) is 11.6 Å². The number of nitrogens with one attached hydrogen (secondary N) is 1. The summed E-state index contributed by atoms with van der Waals surface area (Å²) in [4.78, 5) is 0.764. The molecule has 0 fully saturated rings. The fourth-order valence-corrected chi connectivity index (χ4v) is 4.11. The quantitative estimate of drug-likeness (QED) is 0.435. The molecule has 9 heteroatoms. The maximum atomic E-state index is 6.12. The molecular weight excluding hydrogens is 436 g/mol. The largest absolute Gasteiger partial charge is 0.281 e. The zero-order valence-electron chi connectivity index (χ0n) is 13.1. The van der Waals surface area contributed by atoms with E-state index in [-0.39, 0.29) is 0 Å². The minimum atomic E-state index is 0.543. The molecular formula is C17H10BrClN6S. The maximum Gasteiger partial charge on any atom is 0.234 e. The molecule has 0 radical (unpaired) electrons. The molecule has 3 heterocycles. The monoisotopic (exact) mass is 444 g/mol. The molecule has 5 rings (SSSR count). The summed E-state index contributed by atoms with van der Waals surface area (Å²) in [5.41, 5.74) is 2.86. The van der Waals surface area contributed by atoms with Crippen LogP contribution in [0.15, 0.2) is 46.9 Å². The van der Waals surface area contributed by atoms with Crippen LogP contribution in [0.4, 0.5) is 0 Å². The lowest BCUT2D eigenvalue weighted by Gasteiger charge is -1.97. The van der Waals surface area contributed by atoms with Gasteiger partial charge < -0.3 is 0 Å². The predicted octanol–water partition coefficient (Wildman–Crippen LogP) is 4.74. The third-order valence-electron chi connectivity index (χ3n) is 4.08. The third kappa shape index (κ3) is 2.70. The van der Waals surface area contributed by atoms with Gasteiger partial charge in [-0.05, 0) is 30.3 Å². The molecule has 6 nitrogen and oxygen atoms in total. The number of nitrogens with zero attached hydrogens (tertiary/aromatic N) is 5. The van der Waals surface area contributed by atoms with Crippen molar-refractivity contribution in [1.29, 1.82) is 0 Å². The predicted molar refractivity (Wildman–Crippen MR) is 106 cm³/mol. The summed E-state index contributed by atoms with van der Waals surface area (Å²) >= 11 is 11.1. The molecule has 128 valence electrons. The number of aromatic nitrogens is 6. The van der Waals surface area contributed by atoms with Crippen molar-refractivity contribution in [2.75, 3.05) is 0 Å². The first-order valence-electron chi connectivity index (χ1n) is 7.77. The first-order valence-corrected chi connectivity index (χ1v) is 9.76. The number of hydrogen-bond donors (Lipinski definition) is 1. The lowest BCUT2D eigenvalue weighted by Crippen LogP contribution is -1.98. The highest BCUT2D eigenvalue weighted by Gasteiger charge is 2.15. The first kappa shape index (κ1) is 15.9. The minimum absolute atomic E-state index is 0.543. The Labute approximate surface area is 165 Å². The third-order valence-corrected chi connectivity index (χ3v) is 5.79. The highest BCUT2D eigenvalue weighted by molar-refractivity contribution is 9.10. The van der Waals surface area contributed by atoms with E-state index in [0.717, 1.165) is 42.4 Å². The van der Waals surface area contributed by atoms with Gasteiger partial charge in [0.1, 0.15) is 5.01 Å². The average Bonchev–Trinajstić information content (AvgIpc) is 3.32. The summed E-state index contributed by atoms with van der Waals surface area (Å²) in [5.74, 6) is 0.755. The van der Waals surface area contributed by atoms with E-state index in [1.54, 1.807) is 4.52 Å². The van der Waals surface area contributed by atoms with Gasteiger partial charge in [-0.3, -0.25) is 5.10 Å². The van der Waals surface area contributed by atoms with Crippen molar-refractivity contribution in [2.45, 2.75) is 6.42 Å². The molecule has 0 atom stereocenters. The SMILES string of the molecule is Clc1ccc2n[nH]c(Cc3nnc4sc(-c5ccc(Br)cc5)nn34)c2c1. The van der Waals surface area contributed by atoms with Gasteiger partial charge in [-0.2, -0.15) is 14.7 Å². The Morgan fingerprint density at radius 1 is 1.12 bits per heavy atom. The Hall–Kier alpha value is -2.29. The van der Waals surface area contributed by atoms with Gasteiger partial charge in [0.15, 0.2) is 5.82 Å². The number of hydrogen-bond acceptors (Lipinski definition) is 5. The van der Waals surface area contributed by atoms with Crippen molar-refractivity contribution in [3.05, 3.63) is 63.5 Å². The molecule has 0 saturated carbocycles. The van der Waals surface area contributed by atoms with Crippen LogP contribution in [0.5, 0.6) is 0 Å². The van der Waals surface area contributed by atoms with E-state index in [1.807, 2.05) is 42.5 Å². The van der Waals surface area contributed by atoms with E-state index < -0.39 is 0 Å². The molecule has 26 heavy (non-hydrogen) atoms. The van der Waals surface area contributed by atoms with E-state index >= 15 is 0 Å². The van der Waals surface area contributed by atoms with Crippen LogP contribution in [0, 0.1) is 0 Å². The van der Waals surface area contributed by atoms with Crippen LogP contribution >= 0.6 is 38.9 Å². The summed E-state index contributed by atoms with van der Waals surface area (Å²) in [5, 5.41) is 23.2. The van der Waals surface area contributed by atoms with Crippen LogP contribution in [0.1, 0.15) is 11.5 Å². The van der Waals surface area contributed by atoms with Crippen molar-refractivity contribution in [2.24, 2.45) is 0 Å². The average molecular weight is 446 g/mol. The molecule has 5 aromatic rings. The van der Waals surface area contributed by atoms with Crippen LogP contribution in [0.3, 0.4) is 0 Å². The first-order chi connectivity index (χ1) is 12.7. The maximum absolute atomic E-state index is 6.12. The smallest absolute Gasteiger partial charge is 0.234 e. The number of aromatic amines is 1. The van der Waals surface area contributed by atoms with E-state index in [1.165, 1.54) is 11.3 Å². The van der Waals surface area contributed by atoms with Gasteiger partial charge in [-0.1, -0.05) is 51.0 Å². The molecule has 3 aromatic heterocycles. The van der Waals surface area contributed by atoms with Crippen LogP contribution in [0.2, 0.25) is 5.02 Å². The van der Waals surface area contributed by atoms with E-state index in [0.29, 0.717) is 11.4 Å². The zero-order chi connectivity index (χ0) is 17.7. The van der Waals surface area contributed by atoms with Crippen molar-refractivity contribution >= 4 is 54.7 Å². The normalized spacial score (nSPS) is 11.6. The molecule has 0 aliphatic heterocycles. The number of rotatable bonds is 3. The van der Waals surface area contributed by atoms with E-state index in [9.17, 15) is 0 Å². The fraction of sp³-hybridized carbons (Fsp3) is 0.0588. The van der Waals surface area contributed by atoms with Gasteiger partial charge in [-0.25, -0.2) is 0 Å². The minimum Gasteiger partial charge on any atom is -0.281 e. The molecule has 0 unspecified atom stereocenters. The summed E-state index contributed by atoms with van der Waals surface area (Å²) < 4.78 is 2.83. The number of halogens is 2. The van der Waals surface area contributed by atoms with Gasteiger partial charge in [0.05, 0.1) is 17.6 Å². The summed E-state index contributed by atoms with van der Waals surface area (Å²) in [6, 6.07) is 13.7. The van der Waals surface area contributed by atoms with Crippen LogP contribution in [-0.2, 0) is 6.42 Å². The molecule has 0 saturated heterocycles. The van der Waals surface area contributed by atoms with Gasteiger partial charge in [0, 0.05) is 20.4 Å². The van der Waals surface area contributed by atoms with Gasteiger partial charge >= 0.3 is 0 Å². The van der Waals surface area contributed by atoms with Gasteiger partial charge in [-0.15, -0.1) is 10.2 Å². The summed E-state index contributed by atoms with van der Waals surface area (Å²) in [6.45, 7) is 0. The lowest BCUT2D eigenvalue weighted by atomic mass is 10.1. The Balaban J connectivity index is 1.54. The van der Waals surface area contributed by atoms with Crippen molar-refractivity contribution < 1.29 is 0 Å². The molecule has 2 aromatic carbocycles. The topological polar surface area (TPSA) is 71.8 Å². The van der Waals surface area contributed by atoms with Crippen molar-refractivity contribution in [3.63, 3.8) is 0 Å². The number of H-pyrrole nitrogens is 1. The highest BCUT2D eigenvalue weighted by atomic mass is 79.9. The summed E-state index contributed by atoms with van der Waals surface area (Å²) in [7, 11) is 0. The molecule has 0 aliphatic carbocycles. The molecule has 1 N–H and O–H groups in total. The Morgan fingerprint density at radius 2 is 1.96 bits per heavy atom. The van der Waals surface area contributed by atoms with Gasteiger partial charge in [0.25, 0.3) is 0 Å². The molecule has 0 bridgehead atoms. The van der Waals surface area contributed by atoms with Crippen LogP contribution in [-0.4, -0.2) is 30.0 Å². The number of benzene rings is 2. The Bertz CT molecular complexity index is 1240. The molecule has 0 amide bonds. The summed E-state index contributed by atoms with van der Waals surface area (Å²) in [6.07, 6.45) is 0.543. The number of fused-ring (bicyclic) bond motifs is 2. The Morgan fingerprint density at radius 3 is 2.81 bits per heavy atom. The van der Waals surface area contributed by atoms with E-state index in [2.05, 4.69) is 41.4 Å². The second kappa shape index (κ2) is 6.15. The standard InChI is InChI=1S/C17H10BrClN6S/c18-10-3-1-9(2-4-10)16-24-25-15(22-23-17(25)26-16)8-14-12-7-11(19)5-6-13(12)20-21-14/h1-7H,8H2,(H,20,21). The second-order valence-corrected chi connectivity index (χ2v) is 8.07. The Kier molecular flexibility index (Phi) is 3.77. The highest BCUT2D eigenvalue weighted by Crippen LogP contribution is 2.28. The zero-order valence-corrected chi connectivity index (χ0v) is 16.3. The molecule has 0 spiro atoms. The van der Waals surface area contributed by atoms with Crippen LogP contribution in [0.25, 0.3) is 26.4 Å². The fourth-order valence-electron chi connectivity index (χ4n) is 2.81. The lowest BCUT2D eigenvalue weighted by molar-refractivity contribution is 0.838. The molecule has 0 aliphatic rings. The second-order valence-electron chi connectivity index (χ2n) is 5.77. The van der Waals surface area contributed by atoms with Crippen molar-refractivity contribution in [3.8, 4) is 10.6 Å². The van der Waals surface area contributed by atoms with Gasteiger partial charge in [0.2, 0.25) is 4.96 Å². The van der Waals surface area contributed by atoms with Crippen molar-refractivity contribution in [1.82, 2.24) is 30.0 Å².